The van der Waals surface area contributed by atoms with E-state index >= 15 is 0 Å². The van der Waals surface area contributed by atoms with Gasteiger partial charge in [0.1, 0.15) is 0 Å². The van der Waals surface area contributed by atoms with Crippen LogP contribution in [0, 0.1) is 5.41 Å². The van der Waals surface area contributed by atoms with E-state index in [1.807, 2.05) is 11.8 Å². The Morgan fingerprint density at radius 1 is 1.37 bits per heavy atom. The summed E-state index contributed by atoms with van der Waals surface area (Å²) in [6, 6.07) is 8.77. The number of methoxy groups -OCH3 is 1. The second-order valence-corrected chi connectivity index (χ2v) is 7.43. The molecule has 0 saturated heterocycles. The molecule has 1 unspecified atom stereocenters. The maximum absolute atomic E-state index is 5.17. The van der Waals surface area contributed by atoms with Crippen LogP contribution in [0.15, 0.2) is 29.2 Å². The summed E-state index contributed by atoms with van der Waals surface area (Å²) in [5.41, 5.74) is 1.82. The van der Waals surface area contributed by atoms with Gasteiger partial charge in [-0.2, -0.15) is 0 Å². The highest BCUT2D eigenvalue weighted by molar-refractivity contribution is 8.00. The van der Waals surface area contributed by atoms with Crippen LogP contribution in [0.25, 0.3) is 0 Å². The summed E-state index contributed by atoms with van der Waals surface area (Å²) in [7, 11) is 1.77. The third-order valence-electron chi connectivity index (χ3n) is 3.67. The first kappa shape index (κ1) is 14.9. The van der Waals surface area contributed by atoms with Crippen LogP contribution in [0.4, 0.5) is 0 Å². The molecule has 1 heterocycles. The van der Waals surface area contributed by atoms with E-state index in [1.54, 1.807) is 7.11 Å². The molecule has 0 fully saturated rings. The molecule has 0 saturated carbocycles. The Hall–Kier alpha value is -0.510. The summed E-state index contributed by atoms with van der Waals surface area (Å²) in [6.07, 6.45) is 2.31. The first-order chi connectivity index (χ1) is 9.11. The Labute approximate surface area is 121 Å². The van der Waals surface area contributed by atoms with Crippen LogP contribution < -0.4 is 5.32 Å². The molecule has 0 spiro atoms. The van der Waals surface area contributed by atoms with Crippen LogP contribution >= 0.6 is 11.8 Å². The van der Waals surface area contributed by atoms with Gasteiger partial charge < -0.3 is 10.1 Å². The molecule has 0 aliphatic carbocycles. The number of nitrogens with one attached hydrogen (secondary N) is 1. The van der Waals surface area contributed by atoms with Crippen molar-refractivity contribution >= 4 is 11.8 Å². The Bertz CT molecular complexity index is 380. The molecular formula is C16H25NOS. The predicted molar refractivity (Wildman–Crippen MR) is 82.9 cm³/mol. The fourth-order valence-electron chi connectivity index (χ4n) is 2.41. The SMILES string of the molecule is COCCC(C)(C)CNCC1Cc2ccccc2S1. The fraction of sp³-hybridized carbons (Fsp3) is 0.625. The fourth-order valence-corrected chi connectivity index (χ4v) is 3.69. The van der Waals surface area contributed by atoms with E-state index in [2.05, 4.69) is 43.4 Å². The number of hydrogen-bond donors (Lipinski definition) is 1. The van der Waals surface area contributed by atoms with E-state index in [-0.39, 0.29) is 0 Å². The maximum Gasteiger partial charge on any atom is 0.0467 e. The van der Waals surface area contributed by atoms with Crippen molar-refractivity contribution in [1.29, 1.82) is 0 Å². The molecule has 106 valence electrons. The Morgan fingerprint density at radius 2 is 2.16 bits per heavy atom. The summed E-state index contributed by atoms with van der Waals surface area (Å²) >= 11 is 2.02. The van der Waals surface area contributed by atoms with Crippen molar-refractivity contribution in [3.8, 4) is 0 Å². The van der Waals surface area contributed by atoms with E-state index in [1.165, 1.54) is 16.9 Å². The average molecular weight is 279 g/mol. The summed E-state index contributed by atoms with van der Waals surface area (Å²) in [5.74, 6) is 0. The summed E-state index contributed by atoms with van der Waals surface area (Å²) in [6.45, 7) is 7.60. The minimum absolute atomic E-state index is 0.312. The van der Waals surface area contributed by atoms with Gasteiger partial charge in [0.05, 0.1) is 0 Å². The van der Waals surface area contributed by atoms with Gasteiger partial charge in [0.25, 0.3) is 0 Å². The molecule has 1 atom stereocenters. The van der Waals surface area contributed by atoms with Crippen molar-refractivity contribution in [1.82, 2.24) is 5.32 Å². The van der Waals surface area contributed by atoms with Crippen molar-refractivity contribution in [2.75, 3.05) is 26.8 Å². The van der Waals surface area contributed by atoms with Crippen LogP contribution in [-0.4, -0.2) is 32.1 Å². The molecule has 1 aromatic carbocycles. The number of rotatable bonds is 7. The Morgan fingerprint density at radius 3 is 2.89 bits per heavy atom. The number of ether oxygens (including phenoxy) is 1. The number of fused-ring (bicyclic) bond motifs is 1. The first-order valence-electron chi connectivity index (χ1n) is 7.05. The topological polar surface area (TPSA) is 21.3 Å². The number of thioether (sulfide) groups is 1. The molecule has 0 amide bonds. The van der Waals surface area contributed by atoms with Gasteiger partial charge in [0.15, 0.2) is 0 Å². The second-order valence-electron chi connectivity index (χ2n) is 6.09. The zero-order valence-corrected chi connectivity index (χ0v) is 13.1. The van der Waals surface area contributed by atoms with E-state index < -0.39 is 0 Å². The lowest BCUT2D eigenvalue weighted by Gasteiger charge is -2.25. The lowest BCUT2D eigenvalue weighted by Crippen LogP contribution is -2.34. The van der Waals surface area contributed by atoms with Crippen molar-refractivity contribution in [3.63, 3.8) is 0 Å². The molecule has 1 aliphatic rings. The highest BCUT2D eigenvalue weighted by Crippen LogP contribution is 2.36. The zero-order chi connectivity index (χ0) is 13.7. The molecule has 0 radical (unpaired) electrons. The quantitative estimate of drug-likeness (QED) is 0.827. The van der Waals surface area contributed by atoms with Gasteiger partial charge in [0.2, 0.25) is 0 Å². The van der Waals surface area contributed by atoms with Crippen LogP contribution in [0.2, 0.25) is 0 Å². The molecule has 1 aliphatic heterocycles. The third kappa shape index (κ3) is 4.51. The van der Waals surface area contributed by atoms with Crippen molar-refractivity contribution in [2.45, 2.75) is 36.8 Å². The van der Waals surface area contributed by atoms with Crippen molar-refractivity contribution in [3.05, 3.63) is 29.8 Å². The van der Waals surface area contributed by atoms with Gasteiger partial charge in [-0.25, -0.2) is 0 Å². The molecule has 1 aromatic rings. The van der Waals surface area contributed by atoms with Crippen LogP contribution in [0.5, 0.6) is 0 Å². The Kier molecular flexibility index (Phi) is 5.31. The lowest BCUT2D eigenvalue weighted by atomic mass is 9.89. The molecule has 3 heteroatoms. The number of hydrogen-bond acceptors (Lipinski definition) is 3. The normalized spacial score (nSPS) is 18.6. The van der Waals surface area contributed by atoms with Gasteiger partial charge in [-0.15, -0.1) is 11.8 Å². The molecule has 0 aromatic heterocycles. The van der Waals surface area contributed by atoms with Crippen molar-refractivity contribution < 1.29 is 4.74 Å². The molecule has 2 nitrogen and oxygen atoms in total. The second kappa shape index (κ2) is 6.78. The standard InChI is InChI=1S/C16H25NOS/c1-16(2,8-9-18-3)12-17-11-14-10-13-6-4-5-7-15(13)19-14/h4-7,14,17H,8-12H2,1-3H3. The predicted octanol–water partition coefficient (Wildman–Crippen LogP) is 3.36. The maximum atomic E-state index is 5.17. The van der Waals surface area contributed by atoms with Gasteiger partial charge in [-0.3, -0.25) is 0 Å². The Balaban J connectivity index is 1.71. The lowest BCUT2D eigenvalue weighted by molar-refractivity contribution is 0.151. The van der Waals surface area contributed by atoms with E-state index in [4.69, 9.17) is 4.74 Å². The molecule has 2 rings (SSSR count). The highest BCUT2D eigenvalue weighted by atomic mass is 32.2. The third-order valence-corrected chi connectivity index (χ3v) is 4.99. The largest absolute Gasteiger partial charge is 0.385 e. The van der Waals surface area contributed by atoms with Gasteiger partial charge >= 0.3 is 0 Å². The van der Waals surface area contributed by atoms with Crippen LogP contribution in [-0.2, 0) is 11.2 Å². The van der Waals surface area contributed by atoms with Crippen LogP contribution in [0.3, 0.4) is 0 Å². The average Bonchev–Trinajstić information content (AvgIpc) is 2.78. The minimum Gasteiger partial charge on any atom is -0.385 e. The smallest absolute Gasteiger partial charge is 0.0467 e. The first-order valence-corrected chi connectivity index (χ1v) is 7.93. The summed E-state index contributed by atoms with van der Waals surface area (Å²) < 4.78 is 5.17. The molecular weight excluding hydrogens is 254 g/mol. The molecule has 1 N–H and O–H groups in total. The van der Waals surface area contributed by atoms with E-state index in [9.17, 15) is 0 Å². The summed E-state index contributed by atoms with van der Waals surface area (Å²) in [4.78, 5) is 1.47. The molecule has 0 bridgehead atoms. The monoisotopic (exact) mass is 279 g/mol. The molecule has 19 heavy (non-hydrogen) atoms. The van der Waals surface area contributed by atoms with Crippen molar-refractivity contribution in [2.24, 2.45) is 5.41 Å². The van der Waals surface area contributed by atoms with Gasteiger partial charge in [-0.1, -0.05) is 32.0 Å². The van der Waals surface area contributed by atoms with E-state index in [0.29, 0.717) is 10.7 Å². The van der Waals surface area contributed by atoms with Crippen LogP contribution in [0.1, 0.15) is 25.8 Å². The highest BCUT2D eigenvalue weighted by Gasteiger charge is 2.23. The minimum atomic E-state index is 0.312. The number of benzene rings is 1. The van der Waals surface area contributed by atoms with E-state index in [0.717, 1.165) is 26.1 Å². The zero-order valence-electron chi connectivity index (χ0n) is 12.2. The van der Waals surface area contributed by atoms with Gasteiger partial charge in [0, 0.05) is 37.0 Å². The van der Waals surface area contributed by atoms with Gasteiger partial charge in [-0.05, 0) is 29.9 Å². The summed E-state index contributed by atoms with van der Waals surface area (Å²) in [5, 5.41) is 4.33.